The van der Waals surface area contributed by atoms with Gasteiger partial charge in [-0.15, -0.1) is 0 Å². The maximum atomic E-state index is 13.3. The fraction of sp³-hybridized carbons (Fsp3) is 0.625. The molecule has 1 radical (unpaired) electrons. The molecule has 0 spiro atoms. The third kappa shape index (κ3) is 5.61. The maximum absolute atomic E-state index is 13.3. The Hall–Kier alpha value is -0.920. The van der Waals surface area contributed by atoms with Gasteiger partial charge in [0.15, 0.2) is 11.6 Å². The third-order valence-electron chi connectivity index (χ3n) is 3.27. The molecule has 0 aliphatic carbocycles. The van der Waals surface area contributed by atoms with Gasteiger partial charge in [0.2, 0.25) is 0 Å². The monoisotopic (exact) mass is 253 g/mol. The first-order valence-corrected chi connectivity index (χ1v) is 7.10. The highest BCUT2D eigenvalue weighted by molar-refractivity contribution is 5.18. The van der Waals surface area contributed by atoms with E-state index in [0.29, 0.717) is 12.0 Å². The molecular formula is C16H23F2. The summed E-state index contributed by atoms with van der Waals surface area (Å²) in [5.74, 6) is -1.58. The van der Waals surface area contributed by atoms with Crippen LogP contribution in [-0.4, -0.2) is 0 Å². The van der Waals surface area contributed by atoms with Gasteiger partial charge in [-0.25, -0.2) is 8.78 Å². The average Bonchev–Trinajstić information content (AvgIpc) is 2.37. The van der Waals surface area contributed by atoms with Crippen LogP contribution in [0.2, 0.25) is 0 Å². The highest BCUT2D eigenvalue weighted by Gasteiger charge is 2.06. The zero-order valence-corrected chi connectivity index (χ0v) is 11.3. The fourth-order valence-corrected chi connectivity index (χ4v) is 2.14. The van der Waals surface area contributed by atoms with Gasteiger partial charge in [-0.3, -0.25) is 0 Å². The van der Waals surface area contributed by atoms with Gasteiger partial charge >= 0.3 is 0 Å². The maximum Gasteiger partial charge on any atom is 0.167 e. The Kier molecular flexibility index (Phi) is 7.63. The second kappa shape index (κ2) is 9.07. The standard InChI is InChI=1S/C16H23F2/c1-2-3-4-5-6-7-8-9-11-14-12-10-13-15(17)16(14)18/h10,12H,2-9,11H2,1H3. The van der Waals surface area contributed by atoms with Gasteiger partial charge in [-0.2, -0.15) is 0 Å². The van der Waals surface area contributed by atoms with Crippen molar-refractivity contribution in [3.8, 4) is 0 Å². The van der Waals surface area contributed by atoms with Crippen LogP contribution in [-0.2, 0) is 6.42 Å². The summed E-state index contributed by atoms with van der Waals surface area (Å²) in [6.45, 7) is 2.21. The quantitative estimate of drug-likeness (QED) is 0.513. The summed E-state index contributed by atoms with van der Waals surface area (Å²) in [7, 11) is 0. The Balaban J connectivity index is 2.09. The summed E-state index contributed by atoms with van der Waals surface area (Å²) < 4.78 is 26.2. The van der Waals surface area contributed by atoms with Crippen molar-refractivity contribution in [3.05, 3.63) is 35.4 Å². The molecule has 0 heterocycles. The zero-order chi connectivity index (χ0) is 13.2. The largest absolute Gasteiger partial charge is 0.203 e. The zero-order valence-electron chi connectivity index (χ0n) is 11.3. The van der Waals surface area contributed by atoms with Crippen molar-refractivity contribution in [3.63, 3.8) is 0 Å². The summed E-state index contributed by atoms with van der Waals surface area (Å²) in [5.41, 5.74) is 0.484. The van der Waals surface area contributed by atoms with Gasteiger partial charge in [0, 0.05) is 6.07 Å². The molecule has 0 bridgehead atoms. The smallest absolute Gasteiger partial charge is 0.167 e. The molecule has 101 valence electrons. The van der Waals surface area contributed by atoms with Gasteiger partial charge in [0.05, 0.1) is 0 Å². The number of hydrogen-bond acceptors (Lipinski definition) is 0. The van der Waals surface area contributed by atoms with E-state index in [2.05, 4.69) is 13.0 Å². The lowest BCUT2D eigenvalue weighted by atomic mass is 10.0. The van der Waals surface area contributed by atoms with Crippen molar-refractivity contribution in [2.45, 2.75) is 64.7 Å². The van der Waals surface area contributed by atoms with Gasteiger partial charge < -0.3 is 0 Å². The number of aryl methyl sites for hydroxylation is 1. The first-order valence-electron chi connectivity index (χ1n) is 7.10. The molecule has 1 rings (SSSR count). The minimum atomic E-state index is -0.855. The molecule has 0 nitrogen and oxygen atoms in total. The lowest BCUT2D eigenvalue weighted by Crippen LogP contribution is -1.94. The van der Waals surface area contributed by atoms with Crippen LogP contribution < -0.4 is 0 Å². The van der Waals surface area contributed by atoms with Gasteiger partial charge in [0.1, 0.15) is 0 Å². The second-order valence-corrected chi connectivity index (χ2v) is 4.86. The van der Waals surface area contributed by atoms with E-state index in [4.69, 9.17) is 0 Å². The van der Waals surface area contributed by atoms with E-state index < -0.39 is 11.6 Å². The number of unbranched alkanes of at least 4 members (excludes halogenated alkanes) is 7. The molecule has 1 aromatic carbocycles. The molecule has 2 heteroatoms. The Morgan fingerprint density at radius 1 is 0.944 bits per heavy atom. The number of rotatable bonds is 9. The second-order valence-electron chi connectivity index (χ2n) is 4.86. The topological polar surface area (TPSA) is 0 Å². The Morgan fingerprint density at radius 2 is 1.56 bits per heavy atom. The minimum Gasteiger partial charge on any atom is -0.203 e. The van der Waals surface area contributed by atoms with Crippen LogP contribution in [0.25, 0.3) is 0 Å². The van der Waals surface area contributed by atoms with E-state index >= 15 is 0 Å². The summed E-state index contributed by atoms with van der Waals surface area (Å²) >= 11 is 0. The van der Waals surface area contributed by atoms with Crippen LogP contribution in [0.15, 0.2) is 12.1 Å². The molecule has 0 unspecified atom stereocenters. The average molecular weight is 253 g/mol. The van der Waals surface area contributed by atoms with Crippen LogP contribution in [0.5, 0.6) is 0 Å². The number of halogens is 2. The van der Waals surface area contributed by atoms with Crippen molar-refractivity contribution in [1.29, 1.82) is 0 Å². The first-order chi connectivity index (χ1) is 8.75. The van der Waals surface area contributed by atoms with E-state index in [0.717, 1.165) is 12.8 Å². The predicted molar refractivity (Wildman–Crippen MR) is 71.5 cm³/mol. The van der Waals surface area contributed by atoms with Crippen molar-refractivity contribution in [2.24, 2.45) is 0 Å². The van der Waals surface area contributed by atoms with Crippen LogP contribution in [0, 0.1) is 17.7 Å². The molecule has 0 N–H and O–H groups in total. The van der Waals surface area contributed by atoms with Crippen molar-refractivity contribution in [2.75, 3.05) is 0 Å². The Morgan fingerprint density at radius 3 is 2.22 bits per heavy atom. The summed E-state index contributed by atoms with van der Waals surface area (Å²) in [5, 5.41) is 0. The summed E-state index contributed by atoms with van der Waals surface area (Å²) in [4.78, 5) is 0. The number of benzene rings is 1. The lowest BCUT2D eigenvalue weighted by Gasteiger charge is -2.04. The summed E-state index contributed by atoms with van der Waals surface area (Å²) in [6, 6.07) is 5.31. The van der Waals surface area contributed by atoms with Crippen LogP contribution in [0.4, 0.5) is 8.78 Å². The van der Waals surface area contributed by atoms with Crippen LogP contribution in [0.1, 0.15) is 63.9 Å². The van der Waals surface area contributed by atoms with Gasteiger partial charge in [-0.1, -0.05) is 64.0 Å². The highest BCUT2D eigenvalue weighted by atomic mass is 19.2. The molecule has 0 aliphatic heterocycles. The predicted octanol–water partition coefficient (Wildman–Crippen LogP) is 5.45. The minimum absolute atomic E-state index is 0.484. The molecule has 0 fully saturated rings. The third-order valence-corrected chi connectivity index (χ3v) is 3.27. The van der Waals surface area contributed by atoms with Gasteiger partial charge in [0.25, 0.3) is 0 Å². The van der Waals surface area contributed by atoms with E-state index in [9.17, 15) is 8.78 Å². The van der Waals surface area contributed by atoms with Crippen molar-refractivity contribution < 1.29 is 8.78 Å². The van der Waals surface area contributed by atoms with Crippen LogP contribution >= 0.6 is 0 Å². The van der Waals surface area contributed by atoms with E-state index in [1.165, 1.54) is 44.6 Å². The Labute approximate surface area is 109 Å². The number of hydrogen-bond donors (Lipinski definition) is 0. The van der Waals surface area contributed by atoms with E-state index in [1.807, 2.05) is 0 Å². The van der Waals surface area contributed by atoms with Gasteiger partial charge in [-0.05, 0) is 18.4 Å². The van der Waals surface area contributed by atoms with Crippen LogP contribution in [0.3, 0.4) is 0 Å². The fourth-order valence-electron chi connectivity index (χ4n) is 2.14. The molecule has 1 aromatic rings. The molecule has 0 saturated carbocycles. The highest BCUT2D eigenvalue weighted by Crippen LogP contribution is 2.15. The molecule has 18 heavy (non-hydrogen) atoms. The van der Waals surface area contributed by atoms with E-state index in [-0.39, 0.29) is 0 Å². The lowest BCUT2D eigenvalue weighted by molar-refractivity contribution is 0.493. The molecular weight excluding hydrogens is 230 g/mol. The SMILES string of the molecule is CCCCCCCCCCc1cc[c]c(F)c1F. The van der Waals surface area contributed by atoms with Crippen molar-refractivity contribution >= 4 is 0 Å². The molecule has 0 atom stereocenters. The molecule has 0 aromatic heterocycles. The molecule has 0 aliphatic rings. The first kappa shape index (κ1) is 15.1. The normalized spacial score (nSPS) is 10.8. The Bertz CT molecular complexity index is 334. The molecule has 0 saturated heterocycles. The summed E-state index contributed by atoms with van der Waals surface area (Å²) in [6.07, 6.45) is 10.4. The van der Waals surface area contributed by atoms with E-state index in [1.54, 1.807) is 6.07 Å². The molecule has 0 amide bonds. The van der Waals surface area contributed by atoms with Crippen molar-refractivity contribution in [1.82, 2.24) is 0 Å².